The van der Waals surface area contributed by atoms with Gasteiger partial charge in [0.05, 0.1) is 4.91 Å². The largest absolute Gasteiger partial charge is 0.481 e. The number of carbonyl (C=O) groups excluding carboxylic acids is 1. The smallest absolute Gasteiger partial charge is 0.303 e. The van der Waals surface area contributed by atoms with Crippen molar-refractivity contribution in [2.24, 2.45) is 13.0 Å². The van der Waals surface area contributed by atoms with Crippen LogP contribution in [0.3, 0.4) is 0 Å². The molecule has 10 heteroatoms. The summed E-state index contributed by atoms with van der Waals surface area (Å²) in [5.41, 5.74) is 0.921. The Hall–Kier alpha value is -2.64. The number of pyridine rings is 1. The molecule has 0 aliphatic carbocycles. The first-order valence-corrected chi connectivity index (χ1v) is 11.7. The van der Waals surface area contributed by atoms with E-state index in [-0.39, 0.29) is 30.0 Å². The van der Waals surface area contributed by atoms with Crippen LogP contribution >= 0.6 is 24.0 Å². The molecule has 1 aromatic rings. The average Bonchev–Trinajstić information content (AvgIpc) is 2.99. The van der Waals surface area contributed by atoms with Crippen LogP contribution in [0.1, 0.15) is 49.3 Å². The van der Waals surface area contributed by atoms with Gasteiger partial charge in [0.15, 0.2) is 0 Å². The van der Waals surface area contributed by atoms with Crippen molar-refractivity contribution in [3.05, 3.63) is 31.9 Å². The maximum atomic E-state index is 13.0. The van der Waals surface area contributed by atoms with Crippen LogP contribution in [0.5, 0.6) is 0 Å². The number of rotatable bonds is 6. The molecule has 2 aliphatic rings. The molecular weight excluding hydrogens is 448 g/mol. The van der Waals surface area contributed by atoms with Crippen LogP contribution in [0.2, 0.25) is 0 Å². The molecule has 2 saturated heterocycles. The van der Waals surface area contributed by atoms with E-state index in [1.54, 1.807) is 20.0 Å². The van der Waals surface area contributed by atoms with E-state index in [0.29, 0.717) is 38.5 Å². The second kappa shape index (κ2) is 9.88. The number of carboxylic acid groups (broad SMARTS) is 1. The molecule has 1 amide bonds. The summed E-state index contributed by atoms with van der Waals surface area (Å²) in [6, 6.07) is 2.01. The first-order chi connectivity index (χ1) is 15.1. The van der Waals surface area contributed by atoms with Gasteiger partial charge in [-0.25, -0.2) is 0 Å². The number of hydrogen-bond acceptors (Lipinski definition) is 7. The molecule has 0 aromatic carbocycles. The lowest BCUT2D eigenvalue weighted by Crippen LogP contribution is -2.39. The molecule has 32 heavy (non-hydrogen) atoms. The van der Waals surface area contributed by atoms with Crippen LogP contribution in [0.15, 0.2) is 9.70 Å². The lowest BCUT2D eigenvalue weighted by Gasteiger charge is -2.35. The second-order valence-corrected chi connectivity index (χ2v) is 9.91. The van der Waals surface area contributed by atoms with Crippen molar-refractivity contribution in [2.45, 2.75) is 39.5 Å². The molecule has 8 nitrogen and oxygen atoms in total. The topological polar surface area (TPSA) is 107 Å². The van der Waals surface area contributed by atoms with E-state index in [1.807, 2.05) is 6.07 Å². The molecule has 0 bridgehead atoms. The maximum absolute atomic E-state index is 13.0. The number of hydrogen-bond donors (Lipinski definition) is 1. The van der Waals surface area contributed by atoms with Crippen LogP contribution in [-0.4, -0.2) is 50.4 Å². The van der Waals surface area contributed by atoms with Gasteiger partial charge in [-0.15, -0.1) is 0 Å². The number of thiocarbonyl (C=S) groups is 1. The molecule has 0 radical (unpaired) electrons. The molecule has 170 valence electrons. The third-order valence-electron chi connectivity index (χ3n) is 5.85. The number of nitrogens with zero attached hydrogens (tertiary/aromatic N) is 4. The molecule has 3 heterocycles. The van der Waals surface area contributed by atoms with Gasteiger partial charge in [-0.1, -0.05) is 30.9 Å². The van der Waals surface area contributed by atoms with Gasteiger partial charge in [0, 0.05) is 38.7 Å². The SMILES string of the molecule is Cc1c(/C=C2/SC(=S)N(CCCC(=O)O)C2=O)c(N2CCCC(C)C2)n(C)c(=O)c1C#N. The molecule has 1 N–H and O–H groups in total. The highest BCUT2D eigenvalue weighted by Gasteiger charge is 2.33. The highest BCUT2D eigenvalue weighted by Crippen LogP contribution is 2.36. The third kappa shape index (κ3) is 4.74. The van der Waals surface area contributed by atoms with Crippen molar-refractivity contribution in [2.75, 3.05) is 24.5 Å². The summed E-state index contributed by atoms with van der Waals surface area (Å²) in [6.45, 7) is 5.72. The number of anilines is 1. The quantitative estimate of drug-likeness (QED) is 0.496. The molecule has 0 saturated carbocycles. The number of aliphatic carboxylic acids is 1. The number of carbonyl (C=O) groups is 2. The fraction of sp³-hybridized carbons (Fsp3) is 0.500. The number of thioether (sulfide) groups is 1. The number of amides is 1. The van der Waals surface area contributed by atoms with E-state index in [1.165, 1.54) is 9.47 Å². The molecule has 3 rings (SSSR count). The highest BCUT2D eigenvalue weighted by atomic mass is 32.2. The fourth-order valence-corrected chi connectivity index (χ4v) is 5.48. The monoisotopic (exact) mass is 474 g/mol. The number of nitriles is 1. The highest BCUT2D eigenvalue weighted by molar-refractivity contribution is 8.26. The Labute approximate surface area is 196 Å². The minimum atomic E-state index is -0.920. The zero-order chi connectivity index (χ0) is 23.6. The second-order valence-electron chi connectivity index (χ2n) is 8.24. The number of carboxylic acids is 1. The standard InChI is InChI=1S/C22H26N4O4S2/c1-13-6-4-8-25(12-13)19-15(14(2)16(11-23)20(29)24(19)3)10-17-21(30)26(22(31)32-17)9-5-7-18(27)28/h10,13H,4-9,12H2,1-3H3,(H,27,28)/b17-10+. The lowest BCUT2D eigenvalue weighted by atomic mass is 9.98. The fourth-order valence-electron chi connectivity index (χ4n) is 4.19. The molecule has 1 unspecified atom stereocenters. The Balaban J connectivity index is 2.06. The van der Waals surface area contributed by atoms with Crippen molar-refractivity contribution in [1.82, 2.24) is 9.47 Å². The first kappa shape index (κ1) is 24.0. The van der Waals surface area contributed by atoms with Gasteiger partial charge in [-0.2, -0.15) is 5.26 Å². The van der Waals surface area contributed by atoms with Crippen molar-refractivity contribution >= 4 is 52.1 Å². The van der Waals surface area contributed by atoms with E-state index >= 15 is 0 Å². The van der Waals surface area contributed by atoms with Gasteiger partial charge >= 0.3 is 5.97 Å². The van der Waals surface area contributed by atoms with Crippen molar-refractivity contribution in [3.63, 3.8) is 0 Å². The van der Waals surface area contributed by atoms with Crippen molar-refractivity contribution in [1.29, 1.82) is 5.26 Å². The Kier molecular flexibility index (Phi) is 7.41. The molecule has 1 aromatic heterocycles. The van der Waals surface area contributed by atoms with Gasteiger partial charge in [0.2, 0.25) is 0 Å². The van der Waals surface area contributed by atoms with Gasteiger partial charge < -0.3 is 10.0 Å². The van der Waals surface area contributed by atoms with E-state index in [9.17, 15) is 19.6 Å². The zero-order valence-corrected chi connectivity index (χ0v) is 20.0. The van der Waals surface area contributed by atoms with Crippen molar-refractivity contribution in [3.8, 4) is 6.07 Å². The molecule has 0 spiro atoms. The van der Waals surface area contributed by atoms with Crippen molar-refractivity contribution < 1.29 is 14.7 Å². The summed E-state index contributed by atoms with van der Waals surface area (Å²) in [4.78, 5) is 40.6. The van der Waals surface area contributed by atoms with Crippen LogP contribution in [-0.2, 0) is 16.6 Å². The summed E-state index contributed by atoms with van der Waals surface area (Å²) in [6.07, 6.45) is 4.10. The first-order valence-electron chi connectivity index (χ1n) is 10.5. The average molecular weight is 475 g/mol. The summed E-state index contributed by atoms with van der Waals surface area (Å²) in [5, 5.41) is 18.4. The summed E-state index contributed by atoms with van der Waals surface area (Å²) < 4.78 is 1.88. The van der Waals surface area contributed by atoms with Gasteiger partial charge in [-0.05, 0) is 43.7 Å². The van der Waals surface area contributed by atoms with E-state index < -0.39 is 5.97 Å². The Morgan fingerprint density at radius 3 is 2.75 bits per heavy atom. The summed E-state index contributed by atoms with van der Waals surface area (Å²) in [5.74, 6) is -0.0318. The minimum absolute atomic E-state index is 0.0428. The van der Waals surface area contributed by atoms with E-state index in [4.69, 9.17) is 17.3 Å². The Bertz CT molecular complexity index is 1100. The zero-order valence-electron chi connectivity index (χ0n) is 18.4. The Morgan fingerprint density at radius 1 is 1.41 bits per heavy atom. The van der Waals surface area contributed by atoms with Gasteiger partial charge in [0.25, 0.3) is 11.5 Å². The molecule has 2 fully saturated rings. The predicted octanol–water partition coefficient (Wildman–Crippen LogP) is 2.87. The maximum Gasteiger partial charge on any atom is 0.303 e. The van der Waals surface area contributed by atoms with E-state index in [2.05, 4.69) is 11.8 Å². The third-order valence-corrected chi connectivity index (χ3v) is 7.22. The normalized spacial score (nSPS) is 20.2. The predicted molar refractivity (Wildman–Crippen MR) is 128 cm³/mol. The van der Waals surface area contributed by atoms with Crippen LogP contribution in [0.25, 0.3) is 6.08 Å². The molecular formula is C22H26N4O4S2. The van der Waals surface area contributed by atoms with E-state index in [0.717, 1.165) is 37.7 Å². The van der Waals surface area contributed by atoms with Crippen LogP contribution < -0.4 is 10.5 Å². The minimum Gasteiger partial charge on any atom is -0.481 e. The van der Waals surface area contributed by atoms with Gasteiger partial charge in [0.1, 0.15) is 21.8 Å². The summed E-state index contributed by atoms with van der Waals surface area (Å²) >= 11 is 6.51. The molecule has 2 aliphatic heterocycles. The summed E-state index contributed by atoms with van der Waals surface area (Å²) in [7, 11) is 1.66. The van der Waals surface area contributed by atoms with Crippen LogP contribution in [0.4, 0.5) is 5.82 Å². The number of piperidine rings is 1. The Morgan fingerprint density at radius 2 is 2.12 bits per heavy atom. The molecule has 1 atom stereocenters. The van der Waals surface area contributed by atoms with Crippen LogP contribution in [0, 0.1) is 24.2 Å². The lowest BCUT2D eigenvalue weighted by molar-refractivity contribution is -0.137. The number of aromatic nitrogens is 1. The van der Waals surface area contributed by atoms with Gasteiger partial charge in [-0.3, -0.25) is 23.9 Å².